The molecule has 0 bridgehead atoms. The van der Waals surface area contributed by atoms with Crippen LogP contribution in [0.3, 0.4) is 0 Å². The maximum atomic E-state index is 14.1. The number of nitro groups is 1. The van der Waals surface area contributed by atoms with Gasteiger partial charge in [-0.05, 0) is 42.7 Å². The van der Waals surface area contributed by atoms with E-state index in [1.54, 1.807) is 6.07 Å². The number of anilines is 1. The number of hydrogen-bond acceptors (Lipinski definition) is 6. The lowest BCUT2D eigenvalue weighted by molar-refractivity contribution is -0.384. The Bertz CT molecular complexity index is 1490. The molecule has 10 nitrogen and oxygen atoms in total. The minimum atomic E-state index is -4.04. The van der Waals surface area contributed by atoms with Crippen LogP contribution in [0.1, 0.15) is 31.4 Å². The van der Waals surface area contributed by atoms with E-state index in [4.69, 9.17) is 0 Å². The number of halogens is 1. The number of non-ortho nitro benzene ring substituents is 1. The maximum Gasteiger partial charge on any atom is 0.271 e. The van der Waals surface area contributed by atoms with Crippen molar-refractivity contribution in [3.63, 3.8) is 0 Å². The zero-order valence-electron chi connectivity index (χ0n) is 23.1. The molecule has 0 spiro atoms. The third-order valence-corrected chi connectivity index (χ3v) is 8.16. The number of nitro benzene ring substituents is 1. The lowest BCUT2D eigenvalue weighted by Crippen LogP contribution is -2.54. The molecular formula is C29H33BrN4O6S. The summed E-state index contributed by atoms with van der Waals surface area (Å²) in [5, 5.41) is 14.3. The largest absolute Gasteiger partial charge is 0.352 e. The van der Waals surface area contributed by atoms with E-state index in [1.165, 1.54) is 23.1 Å². The van der Waals surface area contributed by atoms with E-state index in [0.717, 1.165) is 32.2 Å². The Morgan fingerprint density at radius 2 is 1.66 bits per heavy atom. The van der Waals surface area contributed by atoms with Crippen molar-refractivity contribution in [3.8, 4) is 0 Å². The Balaban J connectivity index is 2.08. The molecule has 0 radical (unpaired) electrons. The van der Waals surface area contributed by atoms with Gasteiger partial charge in [-0.2, -0.15) is 0 Å². The quantitative estimate of drug-likeness (QED) is 0.212. The number of nitrogens with one attached hydrogen (secondary N) is 1. The molecule has 3 aromatic carbocycles. The van der Waals surface area contributed by atoms with Crippen LogP contribution in [0.4, 0.5) is 11.4 Å². The number of amides is 2. The molecule has 3 aromatic rings. The van der Waals surface area contributed by atoms with Crippen molar-refractivity contribution in [2.75, 3.05) is 17.1 Å². The van der Waals surface area contributed by atoms with Crippen molar-refractivity contribution < 1.29 is 22.9 Å². The number of nitrogens with zero attached hydrogens (tertiary/aromatic N) is 3. The summed E-state index contributed by atoms with van der Waals surface area (Å²) in [6, 6.07) is 20.5. The first-order chi connectivity index (χ1) is 19.4. The van der Waals surface area contributed by atoms with Crippen LogP contribution >= 0.6 is 15.9 Å². The topological polar surface area (TPSA) is 130 Å². The van der Waals surface area contributed by atoms with Gasteiger partial charge in [-0.1, -0.05) is 71.4 Å². The summed E-state index contributed by atoms with van der Waals surface area (Å²) >= 11 is 3.44. The van der Waals surface area contributed by atoms with E-state index in [9.17, 15) is 28.1 Å². The second-order valence-corrected chi connectivity index (χ2v) is 12.5. The third kappa shape index (κ3) is 9.12. The summed E-state index contributed by atoms with van der Waals surface area (Å²) in [5.41, 5.74) is 1.21. The Labute approximate surface area is 248 Å². The number of benzene rings is 3. The highest BCUT2D eigenvalue weighted by Crippen LogP contribution is 2.24. The van der Waals surface area contributed by atoms with Gasteiger partial charge in [0, 0.05) is 35.6 Å². The van der Waals surface area contributed by atoms with Crippen LogP contribution < -0.4 is 9.62 Å². The Hall–Kier alpha value is -3.77. The minimum Gasteiger partial charge on any atom is -0.352 e. The smallest absolute Gasteiger partial charge is 0.271 e. The van der Waals surface area contributed by atoms with Gasteiger partial charge in [-0.3, -0.25) is 24.0 Å². The Morgan fingerprint density at radius 3 is 2.27 bits per heavy atom. The minimum absolute atomic E-state index is 0.0240. The lowest BCUT2D eigenvalue weighted by Gasteiger charge is -2.34. The molecule has 1 N–H and O–H groups in total. The van der Waals surface area contributed by atoms with Gasteiger partial charge >= 0.3 is 0 Å². The Kier molecular flexibility index (Phi) is 11.0. The number of carbonyl (C=O) groups is 2. The van der Waals surface area contributed by atoms with Gasteiger partial charge in [0.1, 0.15) is 12.6 Å². The summed E-state index contributed by atoms with van der Waals surface area (Å²) in [6.45, 7) is 3.17. The molecule has 41 heavy (non-hydrogen) atoms. The molecule has 0 heterocycles. The Morgan fingerprint density at radius 1 is 1.00 bits per heavy atom. The number of hydrogen-bond donors (Lipinski definition) is 1. The van der Waals surface area contributed by atoms with Gasteiger partial charge in [0.15, 0.2) is 0 Å². The number of carbonyl (C=O) groups excluding carboxylic acids is 2. The molecule has 0 fully saturated rings. The van der Waals surface area contributed by atoms with E-state index >= 15 is 0 Å². The lowest BCUT2D eigenvalue weighted by atomic mass is 10.0. The van der Waals surface area contributed by atoms with Crippen molar-refractivity contribution in [2.24, 2.45) is 0 Å². The van der Waals surface area contributed by atoms with Gasteiger partial charge in [0.05, 0.1) is 16.9 Å². The molecule has 0 aliphatic carbocycles. The van der Waals surface area contributed by atoms with Crippen LogP contribution in [0.25, 0.3) is 0 Å². The monoisotopic (exact) mass is 644 g/mol. The van der Waals surface area contributed by atoms with Crippen LogP contribution in [0.15, 0.2) is 83.3 Å². The predicted octanol–water partition coefficient (Wildman–Crippen LogP) is 4.68. The van der Waals surface area contributed by atoms with Crippen molar-refractivity contribution in [1.82, 2.24) is 10.2 Å². The van der Waals surface area contributed by atoms with E-state index < -0.39 is 33.4 Å². The fourth-order valence-electron chi connectivity index (χ4n) is 4.20. The summed E-state index contributed by atoms with van der Waals surface area (Å²) in [7, 11) is -4.04. The first-order valence-corrected chi connectivity index (χ1v) is 15.6. The van der Waals surface area contributed by atoms with Crippen molar-refractivity contribution in [2.45, 2.75) is 45.3 Å². The third-order valence-electron chi connectivity index (χ3n) is 6.52. The van der Waals surface area contributed by atoms with Crippen molar-refractivity contribution in [3.05, 3.63) is 105 Å². The van der Waals surface area contributed by atoms with Gasteiger partial charge in [-0.15, -0.1) is 0 Å². The first-order valence-electron chi connectivity index (χ1n) is 13.0. The molecule has 12 heteroatoms. The highest BCUT2D eigenvalue weighted by Gasteiger charge is 2.33. The highest BCUT2D eigenvalue weighted by atomic mass is 79.9. The molecule has 0 aliphatic rings. The maximum absolute atomic E-state index is 14.1. The molecule has 0 aliphatic heterocycles. The zero-order valence-corrected chi connectivity index (χ0v) is 25.5. The van der Waals surface area contributed by atoms with E-state index in [0.29, 0.717) is 6.42 Å². The molecular weight excluding hydrogens is 612 g/mol. The van der Waals surface area contributed by atoms with Gasteiger partial charge < -0.3 is 10.2 Å². The molecule has 0 saturated heterocycles. The summed E-state index contributed by atoms with van der Waals surface area (Å²) in [6.07, 6.45) is 1.80. The highest BCUT2D eigenvalue weighted by molar-refractivity contribution is 9.10. The molecule has 218 valence electrons. The second kappa shape index (κ2) is 14.2. The van der Waals surface area contributed by atoms with Crippen LogP contribution in [-0.4, -0.2) is 54.9 Å². The molecule has 3 rings (SSSR count). The van der Waals surface area contributed by atoms with Crippen LogP contribution in [0.5, 0.6) is 0 Å². The number of sulfonamides is 1. The van der Waals surface area contributed by atoms with Gasteiger partial charge in [-0.25, -0.2) is 8.42 Å². The van der Waals surface area contributed by atoms with Gasteiger partial charge in [0.25, 0.3) is 5.69 Å². The summed E-state index contributed by atoms with van der Waals surface area (Å²) in [4.78, 5) is 39.8. The van der Waals surface area contributed by atoms with Crippen molar-refractivity contribution >= 4 is 49.1 Å². The fourth-order valence-corrected chi connectivity index (χ4v) is 5.49. The van der Waals surface area contributed by atoms with Crippen LogP contribution in [0, 0.1) is 10.1 Å². The van der Waals surface area contributed by atoms with Crippen LogP contribution in [-0.2, 0) is 32.6 Å². The SMILES string of the molecule is CC[C@H](C)NC(=O)[C@H](Cc1ccccc1)N(Cc1cccc(Br)c1)C(=O)CN(c1cccc([N+](=O)[O-])c1)S(C)(=O)=O. The average Bonchev–Trinajstić information content (AvgIpc) is 2.93. The predicted molar refractivity (Wildman–Crippen MR) is 162 cm³/mol. The molecule has 2 atom stereocenters. The molecule has 0 saturated carbocycles. The standard InChI is InChI=1S/C29H33BrN4O6S/c1-4-21(2)31-29(36)27(17-22-10-6-5-7-11-22)32(19-23-12-8-13-24(30)16-23)28(35)20-33(41(3,39)40)25-14-9-15-26(18-25)34(37)38/h5-16,18,21,27H,4,17,19-20H2,1-3H3,(H,31,36)/t21-,27-/m0/s1. The average molecular weight is 646 g/mol. The van der Waals surface area contributed by atoms with E-state index in [2.05, 4.69) is 21.2 Å². The zero-order chi connectivity index (χ0) is 30.2. The normalized spacial score (nSPS) is 12.7. The number of rotatable bonds is 13. The fraction of sp³-hybridized carbons (Fsp3) is 0.310. The molecule has 0 aromatic heterocycles. The molecule has 2 amide bonds. The first kappa shape index (κ1) is 31.8. The summed E-state index contributed by atoms with van der Waals surface area (Å²) in [5.74, 6) is -1.00. The second-order valence-electron chi connectivity index (χ2n) is 9.72. The van der Waals surface area contributed by atoms with Crippen molar-refractivity contribution in [1.29, 1.82) is 0 Å². The summed E-state index contributed by atoms with van der Waals surface area (Å²) < 4.78 is 27.3. The molecule has 0 unspecified atom stereocenters. The van der Waals surface area contributed by atoms with E-state index in [-0.39, 0.29) is 36.3 Å². The van der Waals surface area contributed by atoms with E-state index in [1.807, 2.05) is 62.4 Å². The van der Waals surface area contributed by atoms with Gasteiger partial charge in [0.2, 0.25) is 21.8 Å². The van der Waals surface area contributed by atoms with Crippen LogP contribution in [0.2, 0.25) is 0 Å².